The zero-order valence-electron chi connectivity index (χ0n) is 23.2. The molecule has 7 rings (SSSR count). The molecule has 0 saturated carbocycles. The van der Waals surface area contributed by atoms with Crippen LogP contribution in [0.15, 0.2) is 151 Å². The topological polar surface area (TPSA) is 76.8 Å². The average Bonchev–Trinajstić information content (AvgIpc) is 3.39. The van der Waals surface area contributed by atoms with Crippen molar-refractivity contribution in [3.8, 4) is 56.4 Å². The Kier molecular flexibility index (Phi) is 7.22. The molecule has 0 aliphatic carbocycles. The van der Waals surface area contributed by atoms with Gasteiger partial charge in [-0.2, -0.15) is 0 Å². The minimum Gasteiger partial charge on any atom is -0.279 e. The van der Waals surface area contributed by atoms with Crippen molar-refractivity contribution in [3.05, 3.63) is 152 Å². The molecule has 0 saturated heterocycles. The highest BCUT2D eigenvalue weighted by Gasteiger charge is 2.13. The molecule has 1 aliphatic heterocycles. The number of aromatic nitrogens is 5. The monoisotopic (exact) mass is 554 g/mol. The molecule has 0 unspecified atom stereocenters. The van der Waals surface area contributed by atoms with Crippen molar-refractivity contribution >= 4 is 5.71 Å². The van der Waals surface area contributed by atoms with Crippen LogP contribution in [0.1, 0.15) is 5.69 Å². The number of hydrogen-bond donors (Lipinski definition) is 0. The molecular weight excluding hydrogens is 528 g/mol. The van der Waals surface area contributed by atoms with E-state index in [1.54, 1.807) is 18.6 Å². The van der Waals surface area contributed by atoms with Gasteiger partial charge in [0.15, 0.2) is 0 Å². The van der Waals surface area contributed by atoms with E-state index in [-0.39, 0.29) is 0 Å². The normalized spacial score (nSPS) is 12.5. The lowest BCUT2D eigenvalue weighted by Crippen LogP contribution is -2.03. The Hall–Kier alpha value is -5.88. The fraction of sp³-hybridized carbons (Fsp3) is 0.0270. The van der Waals surface area contributed by atoms with Crippen molar-refractivity contribution in [1.82, 2.24) is 24.9 Å². The summed E-state index contributed by atoms with van der Waals surface area (Å²) in [6.45, 7) is 0.620. The van der Waals surface area contributed by atoms with E-state index in [0.29, 0.717) is 6.54 Å². The summed E-state index contributed by atoms with van der Waals surface area (Å²) in [5.74, 6) is 0. The van der Waals surface area contributed by atoms with Crippen LogP contribution in [0.25, 0.3) is 56.4 Å². The number of hydrogen-bond acceptors (Lipinski definition) is 6. The Bertz CT molecular complexity index is 1910. The Morgan fingerprint density at radius 1 is 0.419 bits per heavy atom. The molecule has 0 bridgehead atoms. The van der Waals surface area contributed by atoms with Crippen LogP contribution in [0.2, 0.25) is 0 Å². The minimum atomic E-state index is 0.620. The fourth-order valence-corrected chi connectivity index (χ4v) is 4.97. The summed E-state index contributed by atoms with van der Waals surface area (Å²) in [7, 11) is 0. The molecule has 0 N–H and O–H groups in total. The molecular formula is C37H26N6. The summed E-state index contributed by atoms with van der Waals surface area (Å²) >= 11 is 0. The lowest BCUT2D eigenvalue weighted by molar-refractivity contribution is 1.20. The van der Waals surface area contributed by atoms with Crippen LogP contribution in [0.5, 0.6) is 0 Å². The van der Waals surface area contributed by atoms with E-state index in [9.17, 15) is 0 Å². The molecule has 6 heterocycles. The molecule has 6 heteroatoms. The standard InChI is InChI=1S/C37H26N6/c1-2-10-30(38-18-6-1)34-22-28(23-35(42-34)31-11-3-7-19-39-31)26-14-16-27(17-15-26)29-24-36(32-12-4-8-20-40-32)43-37(25-29)33-13-5-9-21-41-33/h1-17,19-25H,18H2. The summed E-state index contributed by atoms with van der Waals surface area (Å²) in [6, 6.07) is 34.5. The molecule has 5 aromatic heterocycles. The highest BCUT2D eigenvalue weighted by molar-refractivity contribution is 6.08. The van der Waals surface area contributed by atoms with Crippen LogP contribution < -0.4 is 0 Å². The fourth-order valence-electron chi connectivity index (χ4n) is 4.97. The van der Waals surface area contributed by atoms with Crippen molar-refractivity contribution in [2.24, 2.45) is 4.99 Å². The Balaban J connectivity index is 1.30. The molecule has 6 nitrogen and oxygen atoms in total. The summed E-state index contributed by atoms with van der Waals surface area (Å²) in [5.41, 5.74) is 10.7. The molecule has 1 aliphatic rings. The summed E-state index contributed by atoms with van der Waals surface area (Å²) in [5, 5.41) is 0. The summed E-state index contributed by atoms with van der Waals surface area (Å²) < 4.78 is 0. The quantitative estimate of drug-likeness (QED) is 0.209. The molecule has 0 spiro atoms. The second-order valence-electron chi connectivity index (χ2n) is 9.99. The second kappa shape index (κ2) is 11.9. The largest absolute Gasteiger partial charge is 0.279 e. The average molecular weight is 555 g/mol. The van der Waals surface area contributed by atoms with E-state index in [1.165, 1.54) is 0 Å². The van der Waals surface area contributed by atoms with E-state index in [4.69, 9.17) is 15.0 Å². The zero-order valence-corrected chi connectivity index (χ0v) is 23.2. The maximum Gasteiger partial charge on any atom is 0.0900 e. The third kappa shape index (κ3) is 5.80. The van der Waals surface area contributed by atoms with Gasteiger partial charge in [-0.25, -0.2) is 9.97 Å². The van der Waals surface area contributed by atoms with Gasteiger partial charge in [-0.3, -0.25) is 19.9 Å². The van der Waals surface area contributed by atoms with Crippen LogP contribution in [0.3, 0.4) is 0 Å². The Morgan fingerprint density at radius 3 is 1.35 bits per heavy atom. The van der Waals surface area contributed by atoms with Crippen molar-refractivity contribution in [2.75, 3.05) is 6.54 Å². The molecule has 204 valence electrons. The Labute approximate surface area is 250 Å². The smallest absolute Gasteiger partial charge is 0.0900 e. The summed E-state index contributed by atoms with van der Waals surface area (Å²) in [6.07, 6.45) is 13.4. The number of allylic oxidation sites excluding steroid dienone is 3. The van der Waals surface area contributed by atoms with Crippen molar-refractivity contribution in [3.63, 3.8) is 0 Å². The predicted molar refractivity (Wildman–Crippen MR) is 172 cm³/mol. The molecule has 0 atom stereocenters. The third-order valence-corrected chi connectivity index (χ3v) is 7.11. The van der Waals surface area contributed by atoms with Crippen LogP contribution in [0.4, 0.5) is 0 Å². The number of rotatable bonds is 6. The van der Waals surface area contributed by atoms with Crippen molar-refractivity contribution in [2.45, 2.75) is 0 Å². The maximum absolute atomic E-state index is 4.95. The van der Waals surface area contributed by atoms with Crippen molar-refractivity contribution < 1.29 is 0 Å². The first-order valence-corrected chi connectivity index (χ1v) is 14.1. The first-order chi connectivity index (χ1) is 21.3. The highest BCUT2D eigenvalue weighted by Crippen LogP contribution is 2.32. The number of benzene rings is 1. The first-order valence-electron chi connectivity index (χ1n) is 14.1. The lowest BCUT2D eigenvalue weighted by Gasteiger charge is -2.12. The molecule has 43 heavy (non-hydrogen) atoms. The molecule has 1 aromatic carbocycles. The van der Waals surface area contributed by atoms with E-state index in [2.05, 4.69) is 63.5 Å². The van der Waals surface area contributed by atoms with Gasteiger partial charge in [-0.1, -0.05) is 60.7 Å². The Morgan fingerprint density at radius 2 is 0.884 bits per heavy atom. The van der Waals surface area contributed by atoms with Crippen LogP contribution in [0, 0.1) is 0 Å². The van der Waals surface area contributed by atoms with Crippen molar-refractivity contribution in [1.29, 1.82) is 0 Å². The maximum atomic E-state index is 4.95. The van der Waals surface area contributed by atoms with Gasteiger partial charge < -0.3 is 0 Å². The van der Waals surface area contributed by atoms with E-state index >= 15 is 0 Å². The minimum absolute atomic E-state index is 0.620. The van der Waals surface area contributed by atoms with E-state index in [1.807, 2.05) is 78.9 Å². The number of aliphatic imine (C=N–C) groups is 1. The third-order valence-electron chi connectivity index (χ3n) is 7.11. The van der Waals surface area contributed by atoms with Gasteiger partial charge in [0.2, 0.25) is 0 Å². The van der Waals surface area contributed by atoms with Gasteiger partial charge in [0.05, 0.1) is 52.1 Å². The zero-order chi connectivity index (χ0) is 28.8. The lowest BCUT2D eigenvalue weighted by atomic mass is 9.98. The van der Waals surface area contributed by atoms with Crippen LogP contribution in [-0.2, 0) is 0 Å². The van der Waals surface area contributed by atoms with Gasteiger partial charge >= 0.3 is 0 Å². The number of pyridine rings is 5. The van der Waals surface area contributed by atoms with Gasteiger partial charge in [0.1, 0.15) is 0 Å². The van der Waals surface area contributed by atoms with E-state index < -0.39 is 0 Å². The second-order valence-corrected chi connectivity index (χ2v) is 9.99. The molecule has 0 fully saturated rings. The predicted octanol–water partition coefficient (Wildman–Crippen LogP) is 7.91. The van der Waals surface area contributed by atoms with Gasteiger partial charge in [-0.15, -0.1) is 0 Å². The van der Waals surface area contributed by atoms with Gasteiger partial charge in [0.25, 0.3) is 0 Å². The molecule has 0 amide bonds. The molecule has 6 aromatic rings. The van der Waals surface area contributed by atoms with Crippen LogP contribution >= 0.6 is 0 Å². The SMILES string of the molecule is C1=CCN=C(c2cc(-c3ccc(-c4cc(-c5ccccn5)nc(-c5ccccn5)c4)cc3)cc(-c3ccccn3)n2)C=C1. The van der Waals surface area contributed by atoms with Crippen LogP contribution in [-0.4, -0.2) is 37.2 Å². The molecule has 0 radical (unpaired) electrons. The number of nitrogens with zero attached hydrogens (tertiary/aromatic N) is 6. The first kappa shape index (κ1) is 26.0. The highest BCUT2D eigenvalue weighted by atomic mass is 14.8. The van der Waals surface area contributed by atoms with E-state index in [0.717, 1.165) is 67.8 Å². The summed E-state index contributed by atoms with van der Waals surface area (Å²) in [4.78, 5) is 28.2. The van der Waals surface area contributed by atoms with Gasteiger partial charge in [0, 0.05) is 18.6 Å². The van der Waals surface area contributed by atoms with Gasteiger partial charge in [-0.05, 0) is 89.0 Å².